The number of alkyl halides is 3. The largest absolute Gasteiger partial charge is 0.474 e. The number of hydrogen-bond donors (Lipinski definition) is 0. The van der Waals surface area contributed by atoms with Gasteiger partial charge in [0.25, 0.3) is 0 Å². The van der Waals surface area contributed by atoms with Gasteiger partial charge in [-0.2, -0.15) is 0 Å². The molecule has 0 atom stereocenters. The second-order valence-electron chi connectivity index (χ2n) is 6.63. The molecule has 0 radical (unpaired) electrons. The van der Waals surface area contributed by atoms with Gasteiger partial charge in [0.1, 0.15) is 13.2 Å². The second kappa shape index (κ2) is 21.3. The van der Waals surface area contributed by atoms with E-state index in [2.05, 4.69) is 0 Å². The van der Waals surface area contributed by atoms with Crippen molar-refractivity contribution in [3.8, 4) is 0 Å². The van der Waals surface area contributed by atoms with Crippen molar-refractivity contribution in [2.75, 3.05) is 63.9 Å². The number of benzene rings is 2. The maximum atomic E-state index is 11.6. The summed E-state index contributed by atoms with van der Waals surface area (Å²) in [6, 6.07) is 17.5. The van der Waals surface area contributed by atoms with Gasteiger partial charge in [-0.3, -0.25) is 13.6 Å². The molecule has 37 heavy (non-hydrogen) atoms. The molecule has 2 rings (SSSR count). The molecule has 0 aliphatic rings. The normalized spacial score (nSPS) is 10.8. The molecule has 0 bridgehead atoms. The van der Waals surface area contributed by atoms with E-state index in [1.807, 2.05) is 12.1 Å². The Hall–Kier alpha value is -1.68. The molecule has 0 heterocycles. The lowest BCUT2D eigenvalue weighted by atomic mass is 10.2. The van der Waals surface area contributed by atoms with Gasteiger partial charge >= 0.3 is 19.8 Å². The maximum absolute atomic E-state index is 11.6. The molecule has 2 aromatic carbocycles. The fraction of sp³-hybridized carbons (Fsp3) is 0.417. The summed E-state index contributed by atoms with van der Waals surface area (Å²) in [5.74, 6) is -0.149. The summed E-state index contributed by atoms with van der Waals surface area (Å²) in [4.78, 5) is 23.3. The van der Waals surface area contributed by atoms with Crippen LogP contribution in [-0.2, 0) is 32.3 Å². The Morgan fingerprint density at radius 2 is 0.919 bits per heavy atom. The van der Waals surface area contributed by atoms with Crippen molar-refractivity contribution in [2.45, 2.75) is 0 Å². The minimum Gasteiger partial charge on any atom is -0.460 e. The third-order valence-corrected chi connectivity index (χ3v) is 5.88. The summed E-state index contributed by atoms with van der Waals surface area (Å²) >= 11 is 16.1. The first-order valence-corrected chi connectivity index (χ1v) is 14.3. The molecule has 0 aromatic heterocycles. The molecule has 9 nitrogen and oxygen atoms in total. The summed E-state index contributed by atoms with van der Waals surface area (Å²) in [6.45, 7) is 1.07. The molecule has 0 fully saturated rings. The fourth-order valence-electron chi connectivity index (χ4n) is 2.35. The molecule has 0 aliphatic heterocycles. The topological polar surface area (TPSA) is 107 Å². The van der Waals surface area contributed by atoms with E-state index in [0.717, 1.165) is 0 Å². The van der Waals surface area contributed by atoms with Crippen molar-refractivity contribution in [2.24, 2.45) is 0 Å². The van der Waals surface area contributed by atoms with Crippen molar-refractivity contribution >= 4 is 54.6 Å². The summed E-state index contributed by atoms with van der Waals surface area (Å²) in [5.41, 5.74) is 1.01. The average Bonchev–Trinajstić information content (AvgIpc) is 2.94. The van der Waals surface area contributed by atoms with Crippen molar-refractivity contribution in [3.05, 3.63) is 71.8 Å². The van der Waals surface area contributed by atoms with Crippen LogP contribution in [0, 0.1) is 0 Å². The van der Waals surface area contributed by atoms with Gasteiger partial charge in [-0.25, -0.2) is 14.2 Å². The van der Waals surface area contributed by atoms with Gasteiger partial charge in [0.15, 0.2) is 0 Å². The van der Waals surface area contributed by atoms with E-state index in [0.29, 0.717) is 11.1 Å². The van der Waals surface area contributed by atoms with Crippen molar-refractivity contribution in [1.29, 1.82) is 0 Å². The maximum Gasteiger partial charge on any atom is 0.474 e. The second-order valence-corrected chi connectivity index (χ2v) is 9.43. The Balaban J connectivity index is 0.000000422. The predicted octanol–water partition coefficient (Wildman–Crippen LogP) is 5.58. The highest BCUT2D eigenvalue weighted by molar-refractivity contribution is 7.48. The van der Waals surface area contributed by atoms with E-state index in [-0.39, 0.29) is 75.8 Å². The van der Waals surface area contributed by atoms with E-state index in [9.17, 15) is 14.2 Å². The van der Waals surface area contributed by atoms with Gasteiger partial charge in [-0.05, 0) is 24.3 Å². The minimum absolute atomic E-state index is 0.0867. The van der Waals surface area contributed by atoms with Crippen LogP contribution in [-0.4, -0.2) is 75.8 Å². The molecule has 0 unspecified atom stereocenters. The van der Waals surface area contributed by atoms with Gasteiger partial charge in [-0.15, -0.1) is 34.8 Å². The monoisotopic (exact) mass is 598 g/mol. The number of rotatable bonds is 17. The molecule has 0 spiro atoms. The first kappa shape index (κ1) is 33.3. The quantitative estimate of drug-likeness (QED) is 0.0997. The number of carbonyl (C=O) groups is 2. The first-order chi connectivity index (χ1) is 18.0. The Bertz CT molecular complexity index is 836. The molecule has 0 saturated heterocycles. The lowest BCUT2D eigenvalue weighted by Gasteiger charge is -2.16. The van der Waals surface area contributed by atoms with Crippen LogP contribution in [0.3, 0.4) is 0 Å². The first-order valence-electron chi connectivity index (χ1n) is 11.2. The van der Waals surface area contributed by atoms with Crippen LogP contribution >= 0.6 is 42.6 Å². The summed E-state index contributed by atoms with van der Waals surface area (Å²) in [6.07, 6.45) is 0. The lowest BCUT2D eigenvalue weighted by molar-refractivity contribution is 0.0151. The smallest absolute Gasteiger partial charge is 0.460 e. The molecule has 0 amide bonds. The average molecular weight is 600 g/mol. The number of phosphoric acid groups is 1. The SMILES string of the molecule is O=C(OCCOCCOC(=O)c1ccccc1)c1ccccc1.O=P(OCCCl)(OCCCl)OCCCl. The van der Waals surface area contributed by atoms with Gasteiger partial charge < -0.3 is 14.2 Å². The highest BCUT2D eigenvalue weighted by Gasteiger charge is 2.25. The number of esters is 2. The molecular formula is C24H30Cl3O9P. The molecular weight excluding hydrogens is 570 g/mol. The zero-order chi connectivity index (χ0) is 27.2. The minimum atomic E-state index is -3.52. The van der Waals surface area contributed by atoms with Crippen molar-refractivity contribution in [3.63, 3.8) is 0 Å². The van der Waals surface area contributed by atoms with Crippen LogP contribution in [0.25, 0.3) is 0 Å². The van der Waals surface area contributed by atoms with Gasteiger partial charge in [0, 0.05) is 17.6 Å². The summed E-state index contributed by atoms with van der Waals surface area (Å²) in [5, 5.41) is 0. The molecule has 0 saturated carbocycles. The number of ether oxygens (including phenoxy) is 3. The molecule has 0 aliphatic carbocycles. The van der Waals surface area contributed by atoms with Crippen LogP contribution in [0.1, 0.15) is 20.7 Å². The van der Waals surface area contributed by atoms with Crippen LogP contribution in [0.15, 0.2) is 60.7 Å². The zero-order valence-electron chi connectivity index (χ0n) is 20.1. The Kier molecular flexibility index (Phi) is 19.2. The van der Waals surface area contributed by atoms with Crippen molar-refractivity contribution in [1.82, 2.24) is 0 Å². The van der Waals surface area contributed by atoms with Crippen LogP contribution in [0.2, 0.25) is 0 Å². The highest BCUT2D eigenvalue weighted by atomic mass is 35.5. The van der Waals surface area contributed by atoms with E-state index in [4.69, 9.17) is 62.6 Å². The predicted molar refractivity (Wildman–Crippen MR) is 142 cm³/mol. The highest BCUT2D eigenvalue weighted by Crippen LogP contribution is 2.49. The Morgan fingerprint density at radius 1 is 0.568 bits per heavy atom. The third-order valence-electron chi connectivity index (χ3n) is 3.92. The van der Waals surface area contributed by atoms with Crippen molar-refractivity contribution < 1.29 is 41.9 Å². The summed E-state index contributed by atoms with van der Waals surface area (Å²) < 4.78 is 41.5. The van der Waals surface area contributed by atoms with Crippen LogP contribution < -0.4 is 0 Å². The Morgan fingerprint density at radius 3 is 1.24 bits per heavy atom. The zero-order valence-corrected chi connectivity index (χ0v) is 23.3. The fourth-order valence-corrected chi connectivity index (χ4v) is 4.08. The number of halogens is 3. The molecule has 0 N–H and O–H groups in total. The van der Waals surface area contributed by atoms with Crippen LogP contribution in [0.5, 0.6) is 0 Å². The third kappa shape index (κ3) is 16.0. The molecule has 2 aromatic rings. The number of phosphoric ester groups is 1. The Labute approximate surface area is 231 Å². The molecule has 13 heteroatoms. The lowest BCUT2D eigenvalue weighted by Crippen LogP contribution is -2.14. The number of carbonyl (C=O) groups excluding carboxylic acids is 2. The summed E-state index contributed by atoms with van der Waals surface area (Å²) in [7, 11) is -3.52. The van der Waals surface area contributed by atoms with E-state index >= 15 is 0 Å². The van der Waals surface area contributed by atoms with Gasteiger partial charge in [0.2, 0.25) is 0 Å². The standard InChI is InChI=1S/C18H18O5.C6H12Cl3O4P/c19-17(15-7-3-1-4-8-15)22-13-11-21-12-14-23-18(20)16-9-5-2-6-10-16;7-1-4-11-14(10,12-5-2-8)13-6-3-9/h1-10H,11-14H2;1-6H2. The molecule has 206 valence electrons. The van der Waals surface area contributed by atoms with Gasteiger partial charge in [0.05, 0.1) is 44.2 Å². The number of hydrogen-bond acceptors (Lipinski definition) is 9. The van der Waals surface area contributed by atoms with E-state index < -0.39 is 7.82 Å². The van der Waals surface area contributed by atoms with E-state index in [1.165, 1.54) is 0 Å². The van der Waals surface area contributed by atoms with Crippen LogP contribution in [0.4, 0.5) is 0 Å². The van der Waals surface area contributed by atoms with Gasteiger partial charge in [-0.1, -0.05) is 36.4 Å². The van der Waals surface area contributed by atoms with E-state index in [1.54, 1.807) is 48.5 Å².